The van der Waals surface area contributed by atoms with E-state index in [9.17, 15) is 0 Å². The first-order chi connectivity index (χ1) is 10.4. The summed E-state index contributed by atoms with van der Waals surface area (Å²) in [4.78, 5) is 4.55. The predicted octanol–water partition coefficient (Wildman–Crippen LogP) is 2.76. The molecule has 0 aliphatic rings. The van der Waals surface area contributed by atoms with Crippen molar-refractivity contribution >= 4 is 17.7 Å². The van der Waals surface area contributed by atoms with Crippen molar-refractivity contribution in [2.45, 2.75) is 19.8 Å². The molecule has 0 fully saturated rings. The summed E-state index contributed by atoms with van der Waals surface area (Å²) >= 11 is 1.87. The topological polar surface area (TPSA) is 45.7 Å². The Bertz CT molecular complexity index is 384. The van der Waals surface area contributed by atoms with Crippen LogP contribution < -0.4 is 15.4 Å². The van der Waals surface area contributed by atoms with Gasteiger partial charge in [0, 0.05) is 26.1 Å². The smallest absolute Gasteiger partial charge is 0.191 e. The quantitative estimate of drug-likeness (QED) is 0.396. The maximum Gasteiger partial charge on any atom is 0.191 e. The van der Waals surface area contributed by atoms with Gasteiger partial charge in [-0.15, -0.1) is 0 Å². The number of ether oxygens (including phenoxy) is 1. The second-order valence-electron chi connectivity index (χ2n) is 4.55. The van der Waals surface area contributed by atoms with Crippen LogP contribution in [0.25, 0.3) is 0 Å². The molecule has 4 nitrogen and oxygen atoms in total. The van der Waals surface area contributed by atoms with Crippen molar-refractivity contribution in [2.24, 2.45) is 4.99 Å². The number of rotatable bonds is 10. The van der Waals surface area contributed by atoms with Crippen LogP contribution in [0.3, 0.4) is 0 Å². The summed E-state index contributed by atoms with van der Waals surface area (Å²) in [5.41, 5.74) is 0. The molecule has 1 aromatic carbocycles. The summed E-state index contributed by atoms with van der Waals surface area (Å²) in [6.45, 7) is 5.39. The monoisotopic (exact) mass is 309 g/mol. The predicted molar refractivity (Wildman–Crippen MR) is 93.5 cm³/mol. The third-order valence-electron chi connectivity index (χ3n) is 2.75. The number of para-hydroxylation sites is 1. The molecular formula is C16H27N3OS. The first-order valence-corrected chi connectivity index (χ1v) is 8.95. The number of thioether (sulfide) groups is 1. The normalized spacial score (nSPS) is 11.2. The molecule has 2 N–H and O–H groups in total. The number of hydrogen-bond acceptors (Lipinski definition) is 3. The van der Waals surface area contributed by atoms with Crippen molar-refractivity contribution in [3.8, 4) is 5.75 Å². The lowest BCUT2D eigenvalue weighted by Crippen LogP contribution is -2.38. The van der Waals surface area contributed by atoms with Gasteiger partial charge in [-0.25, -0.2) is 0 Å². The largest absolute Gasteiger partial charge is 0.494 e. The molecule has 0 heterocycles. The highest BCUT2D eigenvalue weighted by atomic mass is 32.2. The summed E-state index contributed by atoms with van der Waals surface area (Å²) in [6, 6.07) is 9.90. The fourth-order valence-electron chi connectivity index (χ4n) is 1.73. The molecule has 21 heavy (non-hydrogen) atoms. The van der Waals surface area contributed by atoms with Crippen molar-refractivity contribution in [3.63, 3.8) is 0 Å². The fourth-order valence-corrected chi connectivity index (χ4v) is 2.16. The molecule has 0 unspecified atom stereocenters. The van der Waals surface area contributed by atoms with Crippen molar-refractivity contribution in [1.82, 2.24) is 10.6 Å². The van der Waals surface area contributed by atoms with Crippen LogP contribution in [0.5, 0.6) is 5.75 Å². The van der Waals surface area contributed by atoms with Crippen molar-refractivity contribution in [1.29, 1.82) is 0 Å². The van der Waals surface area contributed by atoms with E-state index in [-0.39, 0.29) is 0 Å². The number of aliphatic imine (C=N–C) groups is 1. The molecule has 0 bridgehead atoms. The molecule has 0 saturated heterocycles. The van der Waals surface area contributed by atoms with Crippen LogP contribution in [0.4, 0.5) is 0 Å². The molecule has 0 aliphatic carbocycles. The van der Waals surface area contributed by atoms with E-state index < -0.39 is 0 Å². The fraction of sp³-hybridized carbons (Fsp3) is 0.562. The van der Waals surface area contributed by atoms with Crippen LogP contribution >= 0.6 is 11.8 Å². The summed E-state index contributed by atoms with van der Waals surface area (Å²) in [5, 5.41) is 6.61. The van der Waals surface area contributed by atoms with Gasteiger partial charge in [0.15, 0.2) is 5.96 Å². The van der Waals surface area contributed by atoms with Gasteiger partial charge in [-0.05, 0) is 37.5 Å². The van der Waals surface area contributed by atoms with Crippen LogP contribution in [-0.2, 0) is 0 Å². The zero-order valence-corrected chi connectivity index (χ0v) is 13.9. The molecule has 1 rings (SSSR count). The van der Waals surface area contributed by atoms with E-state index >= 15 is 0 Å². The minimum atomic E-state index is 0.694. The number of nitrogens with zero attached hydrogens (tertiary/aromatic N) is 1. The van der Waals surface area contributed by atoms with Crippen molar-refractivity contribution < 1.29 is 4.74 Å². The summed E-state index contributed by atoms with van der Waals surface area (Å²) < 4.78 is 5.65. The molecule has 0 saturated carbocycles. The van der Waals surface area contributed by atoms with Crippen molar-refractivity contribution in [3.05, 3.63) is 30.3 Å². The Morgan fingerprint density at radius 3 is 2.71 bits per heavy atom. The van der Waals surface area contributed by atoms with Gasteiger partial charge >= 0.3 is 0 Å². The third kappa shape index (κ3) is 9.24. The SMILES string of the molecule is CCNC(=NCCCOc1ccccc1)NCCCSC. The van der Waals surface area contributed by atoms with E-state index in [1.807, 2.05) is 42.1 Å². The second kappa shape index (κ2) is 12.4. The second-order valence-corrected chi connectivity index (χ2v) is 5.53. The van der Waals surface area contributed by atoms with E-state index in [2.05, 4.69) is 28.8 Å². The Hall–Kier alpha value is -1.36. The Balaban J connectivity index is 2.17. The highest BCUT2D eigenvalue weighted by Gasteiger charge is 1.96. The van der Waals surface area contributed by atoms with Gasteiger partial charge in [-0.1, -0.05) is 18.2 Å². The average molecular weight is 309 g/mol. The number of nitrogens with one attached hydrogen (secondary N) is 2. The van der Waals surface area contributed by atoms with Crippen LogP contribution in [0.15, 0.2) is 35.3 Å². The zero-order chi connectivity index (χ0) is 15.2. The van der Waals surface area contributed by atoms with Crippen LogP contribution in [0.1, 0.15) is 19.8 Å². The van der Waals surface area contributed by atoms with Gasteiger partial charge in [0.1, 0.15) is 5.75 Å². The van der Waals surface area contributed by atoms with Gasteiger partial charge in [0.2, 0.25) is 0 Å². The van der Waals surface area contributed by atoms with E-state index in [0.29, 0.717) is 6.61 Å². The Morgan fingerprint density at radius 2 is 2.00 bits per heavy atom. The van der Waals surface area contributed by atoms with Gasteiger partial charge in [-0.2, -0.15) is 11.8 Å². The molecule has 0 radical (unpaired) electrons. The molecule has 0 amide bonds. The van der Waals surface area contributed by atoms with Crippen LogP contribution in [0, 0.1) is 0 Å². The Kier molecular flexibility index (Phi) is 10.4. The van der Waals surface area contributed by atoms with Gasteiger partial charge in [0.05, 0.1) is 6.61 Å². The summed E-state index contributed by atoms with van der Waals surface area (Å²) in [6.07, 6.45) is 4.20. The third-order valence-corrected chi connectivity index (χ3v) is 3.44. The maximum absolute atomic E-state index is 5.65. The molecule has 0 spiro atoms. The first-order valence-electron chi connectivity index (χ1n) is 7.55. The zero-order valence-electron chi connectivity index (χ0n) is 13.1. The number of hydrogen-bond donors (Lipinski definition) is 2. The lowest BCUT2D eigenvalue weighted by atomic mass is 10.3. The molecule has 1 aromatic rings. The highest BCUT2D eigenvalue weighted by molar-refractivity contribution is 7.98. The maximum atomic E-state index is 5.65. The van der Waals surface area contributed by atoms with E-state index in [1.165, 1.54) is 5.75 Å². The molecule has 0 aromatic heterocycles. The highest BCUT2D eigenvalue weighted by Crippen LogP contribution is 2.08. The minimum absolute atomic E-state index is 0.694. The van der Waals surface area contributed by atoms with E-state index in [0.717, 1.165) is 44.2 Å². The van der Waals surface area contributed by atoms with Crippen LogP contribution in [0.2, 0.25) is 0 Å². The minimum Gasteiger partial charge on any atom is -0.494 e. The Labute approximate surface area is 132 Å². The van der Waals surface area contributed by atoms with E-state index in [4.69, 9.17) is 4.74 Å². The lowest BCUT2D eigenvalue weighted by molar-refractivity contribution is 0.313. The first kappa shape index (κ1) is 17.7. The summed E-state index contributed by atoms with van der Waals surface area (Å²) in [5.74, 6) is 3.00. The van der Waals surface area contributed by atoms with Gasteiger partial charge in [-0.3, -0.25) is 4.99 Å². The molecule has 118 valence electrons. The molecule has 5 heteroatoms. The average Bonchev–Trinajstić information content (AvgIpc) is 2.52. The number of benzene rings is 1. The molecule has 0 aliphatic heterocycles. The van der Waals surface area contributed by atoms with E-state index in [1.54, 1.807) is 0 Å². The number of guanidine groups is 1. The van der Waals surface area contributed by atoms with Crippen LogP contribution in [-0.4, -0.2) is 44.2 Å². The Morgan fingerprint density at radius 1 is 1.19 bits per heavy atom. The van der Waals surface area contributed by atoms with Gasteiger partial charge < -0.3 is 15.4 Å². The standard InChI is InChI=1S/C16H27N3OS/c1-3-17-16(19-12-8-14-21-2)18-11-7-13-20-15-9-5-4-6-10-15/h4-6,9-10H,3,7-8,11-14H2,1-2H3,(H2,17,18,19). The summed E-state index contributed by atoms with van der Waals surface area (Å²) in [7, 11) is 0. The van der Waals surface area contributed by atoms with Crippen molar-refractivity contribution in [2.75, 3.05) is 38.2 Å². The molecular weight excluding hydrogens is 282 g/mol. The lowest BCUT2D eigenvalue weighted by Gasteiger charge is -2.11. The molecule has 0 atom stereocenters. The van der Waals surface area contributed by atoms with Gasteiger partial charge in [0.25, 0.3) is 0 Å².